The van der Waals surface area contributed by atoms with E-state index in [1.165, 1.54) is 4.90 Å². The number of hydrogen-bond acceptors (Lipinski definition) is 3. The number of carbonyl (C=O) groups is 2. The molecule has 86 valence electrons. The van der Waals surface area contributed by atoms with E-state index in [1.807, 2.05) is 6.92 Å². The van der Waals surface area contributed by atoms with E-state index in [-0.39, 0.29) is 18.4 Å². The third kappa shape index (κ3) is 2.92. The molecule has 0 aromatic rings. The SMILES string of the molecule is CCN(CC(=O)O)C(=O)C1CNCC1C. The second-order valence-corrected chi connectivity index (χ2v) is 3.99. The van der Waals surface area contributed by atoms with Gasteiger partial charge in [-0.3, -0.25) is 9.59 Å². The van der Waals surface area contributed by atoms with Gasteiger partial charge in [0.15, 0.2) is 0 Å². The van der Waals surface area contributed by atoms with Crippen LogP contribution in [-0.2, 0) is 9.59 Å². The lowest BCUT2D eigenvalue weighted by atomic mass is 9.96. The molecule has 1 aliphatic rings. The molecular formula is C10H18N2O3. The van der Waals surface area contributed by atoms with Crippen molar-refractivity contribution in [2.45, 2.75) is 13.8 Å². The first-order chi connectivity index (χ1) is 7.06. The Balaban J connectivity index is 2.59. The van der Waals surface area contributed by atoms with Crippen LogP contribution in [0.2, 0.25) is 0 Å². The van der Waals surface area contributed by atoms with Crippen LogP contribution in [0.15, 0.2) is 0 Å². The van der Waals surface area contributed by atoms with Crippen molar-refractivity contribution in [2.24, 2.45) is 11.8 Å². The zero-order valence-electron chi connectivity index (χ0n) is 9.19. The summed E-state index contributed by atoms with van der Waals surface area (Å²) in [7, 11) is 0. The summed E-state index contributed by atoms with van der Waals surface area (Å²) >= 11 is 0. The molecule has 0 aromatic carbocycles. The second kappa shape index (κ2) is 5.11. The van der Waals surface area contributed by atoms with Crippen molar-refractivity contribution in [2.75, 3.05) is 26.2 Å². The molecule has 0 aromatic heterocycles. The summed E-state index contributed by atoms with van der Waals surface area (Å²) in [4.78, 5) is 23.9. The van der Waals surface area contributed by atoms with Gasteiger partial charge in [-0.05, 0) is 19.4 Å². The number of nitrogens with zero attached hydrogens (tertiary/aromatic N) is 1. The summed E-state index contributed by atoms with van der Waals surface area (Å²) in [5.74, 6) is -0.772. The van der Waals surface area contributed by atoms with E-state index in [1.54, 1.807) is 6.92 Å². The molecule has 2 unspecified atom stereocenters. The number of rotatable bonds is 4. The molecule has 0 radical (unpaired) electrons. The minimum Gasteiger partial charge on any atom is -0.480 e. The highest BCUT2D eigenvalue weighted by Crippen LogP contribution is 2.18. The number of likely N-dealkylation sites (N-methyl/N-ethyl adjacent to an activating group) is 1. The monoisotopic (exact) mass is 214 g/mol. The standard InChI is InChI=1S/C10H18N2O3/c1-3-12(6-9(13)14)10(15)8-5-11-4-7(8)2/h7-8,11H,3-6H2,1-2H3,(H,13,14). The quantitative estimate of drug-likeness (QED) is 0.678. The molecule has 5 nitrogen and oxygen atoms in total. The minimum absolute atomic E-state index is 0.0441. The average molecular weight is 214 g/mol. The summed E-state index contributed by atoms with van der Waals surface area (Å²) in [5.41, 5.74) is 0. The first-order valence-corrected chi connectivity index (χ1v) is 5.27. The Morgan fingerprint density at radius 2 is 2.13 bits per heavy atom. The molecule has 1 saturated heterocycles. The third-order valence-electron chi connectivity index (χ3n) is 2.85. The van der Waals surface area contributed by atoms with Gasteiger partial charge in [0.1, 0.15) is 6.54 Å². The van der Waals surface area contributed by atoms with Crippen molar-refractivity contribution in [3.63, 3.8) is 0 Å². The largest absolute Gasteiger partial charge is 0.480 e. The van der Waals surface area contributed by atoms with E-state index < -0.39 is 5.97 Å². The summed E-state index contributed by atoms with van der Waals surface area (Å²) in [6, 6.07) is 0. The molecule has 15 heavy (non-hydrogen) atoms. The molecular weight excluding hydrogens is 196 g/mol. The van der Waals surface area contributed by atoms with E-state index in [2.05, 4.69) is 5.32 Å². The molecule has 2 atom stereocenters. The van der Waals surface area contributed by atoms with Crippen LogP contribution in [-0.4, -0.2) is 48.1 Å². The van der Waals surface area contributed by atoms with Gasteiger partial charge < -0.3 is 15.3 Å². The van der Waals surface area contributed by atoms with E-state index >= 15 is 0 Å². The molecule has 2 N–H and O–H groups in total. The molecule has 1 rings (SSSR count). The Kier molecular flexibility index (Phi) is 4.08. The highest BCUT2D eigenvalue weighted by atomic mass is 16.4. The maximum atomic E-state index is 11.9. The van der Waals surface area contributed by atoms with Gasteiger partial charge in [-0.2, -0.15) is 0 Å². The van der Waals surface area contributed by atoms with Gasteiger partial charge in [0.25, 0.3) is 0 Å². The topological polar surface area (TPSA) is 69.6 Å². The summed E-state index contributed by atoms with van der Waals surface area (Å²) in [6.45, 7) is 5.56. The van der Waals surface area contributed by atoms with Gasteiger partial charge in [0, 0.05) is 13.1 Å². The Labute approximate surface area is 89.4 Å². The Morgan fingerprint density at radius 1 is 1.47 bits per heavy atom. The van der Waals surface area contributed by atoms with Crippen molar-refractivity contribution in [3.8, 4) is 0 Å². The molecule has 5 heteroatoms. The van der Waals surface area contributed by atoms with Crippen LogP contribution in [0.25, 0.3) is 0 Å². The summed E-state index contributed by atoms with van der Waals surface area (Å²) in [5, 5.41) is 11.8. The fourth-order valence-electron chi connectivity index (χ4n) is 1.88. The van der Waals surface area contributed by atoms with Crippen LogP contribution in [0.4, 0.5) is 0 Å². The van der Waals surface area contributed by atoms with Gasteiger partial charge in [-0.15, -0.1) is 0 Å². The van der Waals surface area contributed by atoms with Crippen LogP contribution in [0.1, 0.15) is 13.8 Å². The maximum Gasteiger partial charge on any atom is 0.323 e. The number of carboxylic acid groups (broad SMARTS) is 1. The zero-order chi connectivity index (χ0) is 11.4. The predicted octanol–water partition coefficient (Wildman–Crippen LogP) is -0.225. The maximum absolute atomic E-state index is 11.9. The highest BCUT2D eigenvalue weighted by Gasteiger charge is 2.32. The van der Waals surface area contributed by atoms with Crippen molar-refractivity contribution in [3.05, 3.63) is 0 Å². The number of carboxylic acids is 1. The van der Waals surface area contributed by atoms with E-state index in [0.717, 1.165) is 6.54 Å². The highest BCUT2D eigenvalue weighted by molar-refractivity contribution is 5.83. The van der Waals surface area contributed by atoms with Crippen LogP contribution in [0, 0.1) is 11.8 Å². The first-order valence-electron chi connectivity index (χ1n) is 5.27. The lowest BCUT2D eigenvalue weighted by molar-refractivity contribution is -0.146. The van der Waals surface area contributed by atoms with Crippen molar-refractivity contribution >= 4 is 11.9 Å². The van der Waals surface area contributed by atoms with Crippen molar-refractivity contribution in [1.82, 2.24) is 10.2 Å². The summed E-state index contributed by atoms with van der Waals surface area (Å²) in [6.07, 6.45) is 0. The third-order valence-corrected chi connectivity index (χ3v) is 2.85. The van der Waals surface area contributed by atoms with E-state index in [4.69, 9.17) is 5.11 Å². The smallest absolute Gasteiger partial charge is 0.323 e. The Bertz CT molecular complexity index is 255. The average Bonchev–Trinajstić information content (AvgIpc) is 2.59. The number of hydrogen-bond donors (Lipinski definition) is 2. The van der Waals surface area contributed by atoms with E-state index in [0.29, 0.717) is 19.0 Å². The molecule has 1 amide bonds. The fraction of sp³-hybridized carbons (Fsp3) is 0.800. The molecule has 0 bridgehead atoms. The molecule has 1 fully saturated rings. The molecule has 1 heterocycles. The number of aliphatic carboxylic acids is 1. The van der Waals surface area contributed by atoms with Gasteiger partial charge in [-0.1, -0.05) is 6.92 Å². The minimum atomic E-state index is -0.955. The summed E-state index contributed by atoms with van der Waals surface area (Å²) < 4.78 is 0. The lowest BCUT2D eigenvalue weighted by Gasteiger charge is -2.23. The first kappa shape index (κ1) is 12.0. The predicted molar refractivity (Wildman–Crippen MR) is 55.4 cm³/mol. The van der Waals surface area contributed by atoms with E-state index in [9.17, 15) is 9.59 Å². The number of amides is 1. The molecule has 0 aliphatic carbocycles. The number of carbonyl (C=O) groups excluding carboxylic acids is 1. The van der Waals surface area contributed by atoms with Crippen LogP contribution >= 0.6 is 0 Å². The Morgan fingerprint density at radius 3 is 2.53 bits per heavy atom. The zero-order valence-corrected chi connectivity index (χ0v) is 9.19. The Hall–Kier alpha value is -1.10. The molecule has 1 aliphatic heterocycles. The molecule has 0 spiro atoms. The van der Waals surface area contributed by atoms with Crippen molar-refractivity contribution < 1.29 is 14.7 Å². The molecule has 0 saturated carbocycles. The van der Waals surface area contributed by atoms with Gasteiger partial charge in [0.2, 0.25) is 5.91 Å². The van der Waals surface area contributed by atoms with Crippen LogP contribution in [0.3, 0.4) is 0 Å². The van der Waals surface area contributed by atoms with Crippen LogP contribution < -0.4 is 5.32 Å². The van der Waals surface area contributed by atoms with Crippen LogP contribution in [0.5, 0.6) is 0 Å². The van der Waals surface area contributed by atoms with Gasteiger partial charge >= 0.3 is 5.97 Å². The lowest BCUT2D eigenvalue weighted by Crippen LogP contribution is -2.41. The normalized spacial score (nSPS) is 25.2. The van der Waals surface area contributed by atoms with Crippen molar-refractivity contribution in [1.29, 1.82) is 0 Å². The van der Waals surface area contributed by atoms with Gasteiger partial charge in [-0.25, -0.2) is 0 Å². The number of nitrogens with one attached hydrogen (secondary N) is 1. The second-order valence-electron chi connectivity index (χ2n) is 3.99. The fourth-order valence-corrected chi connectivity index (χ4v) is 1.88. The van der Waals surface area contributed by atoms with Gasteiger partial charge in [0.05, 0.1) is 5.92 Å².